The molecule has 7 nitrogen and oxygen atoms in total. The van der Waals surface area contributed by atoms with Crippen molar-refractivity contribution in [1.82, 2.24) is 14.7 Å². The monoisotopic (exact) mass is 428 g/mol. The molecule has 1 aromatic heterocycles. The zero-order chi connectivity index (χ0) is 21.5. The molecule has 1 heterocycles. The van der Waals surface area contributed by atoms with E-state index < -0.39 is 0 Å². The predicted molar refractivity (Wildman–Crippen MR) is 118 cm³/mol. The van der Waals surface area contributed by atoms with Crippen LogP contribution in [0.4, 0.5) is 5.69 Å². The number of aromatic nitrogens is 2. The van der Waals surface area contributed by atoms with Gasteiger partial charge in [-0.2, -0.15) is 5.10 Å². The van der Waals surface area contributed by atoms with Gasteiger partial charge in [-0.25, -0.2) is 0 Å². The summed E-state index contributed by atoms with van der Waals surface area (Å²) in [6.45, 7) is 1.98. The Kier molecular flexibility index (Phi) is 7.32. The van der Waals surface area contributed by atoms with E-state index in [0.717, 1.165) is 18.7 Å². The second-order valence-electron chi connectivity index (χ2n) is 7.03. The molecule has 30 heavy (non-hydrogen) atoms. The van der Waals surface area contributed by atoms with Gasteiger partial charge in [0.15, 0.2) is 11.5 Å². The molecule has 8 heteroatoms. The van der Waals surface area contributed by atoms with Crippen molar-refractivity contribution in [3.05, 3.63) is 71.0 Å². The Labute approximate surface area is 181 Å². The van der Waals surface area contributed by atoms with Gasteiger partial charge < -0.3 is 19.7 Å². The SMILES string of the molecule is COc1cc(C(=O)Nc2cnn(CCN(C)C)c2)ccc1OCc1ccc(Cl)cc1. The summed E-state index contributed by atoms with van der Waals surface area (Å²) in [5.41, 5.74) is 2.09. The van der Waals surface area contributed by atoms with E-state index in [2.05, 4.69) is 15.3 Å². The Morgan fingerprint density at radius 1 is 1.17 bits per heavy atom. The molecular formula is C22H25ClN4O3. The van der Waals surface area contributed by atoms with E-state index in [-0.39, 0.29) is 5.91 Å². The van der Waals surface area contributed by atoms with Crippen molar-refractivity contribution in [2.75, 3.05) is 33.1 Å². The van der Waals surface area contributed by atoms with E-state index in [1.807, 2.05) is 44.6 Å². The number of nitrogens with one attached hydrogen (secondary N) is 1. The Morgan fingerprint density at radius 2 is 1.93 bits per heavy atom. The van der Waals surface area contributed by atoms with Crippen molar-refractivity contribution in [3.8, 4) is 11.5 Å². The van der Waals surface area contributed by atoms with Crippen LogP contribution >= 0.6 is 11.6 Å². The van der Waals surface area contributed by atoms with Crippen molar-refractivity contribution >= 4 is 23.2 Å². The average molecular weight is 429 g/mol. The van der Waals surface area contributed by atoms with Crippen molar-refractivity contribution < 1.29 is 14.3 Å². The number of hydrogen-bond acceptors (Lipinski definition) is 5. The highest BCUT2D eigenvalue weighted by Crippen LogP contribution is 2.29. The van der Waals surface area contributed by atoms with Crippen molar-refractivity contribution in [2.45, 2.75) is 13.2 Å². The van der Waals surface area contributed by atoms with Gasteiger partial charge in [0.05, 0.1) is 25.5 Å². The first-order valence-corrected chi connectivity index (χ1v) is 9.86. The highest BCUT2D eigenvalue weighted by Gasteiger charge is 2.13. The normalized spacial score (nSPS) is 10.8. The van der Waals surface area contributed by atoms with E-state index >= 15 is 0 Å². The smallest absolute Gasteiger partial charge is 0.255 e. The molecule has 0 atom stereocenters. The second kappa shape index (κ2) is 10.1. The fraction of sp³-hybridized carbons (Fsp3) is 0.273. The molecule has 0 bridgehead atoms. The molecule has 0 aliphatic carbocycles. The summed E-state index contributed by atoms with van der Waals surface area (Å²) in [6, 6.07) is 12.5. The molecule has 0 unspecified atom stereocenters. The average Bonchev–Trinajstić information content (AvgIpc) is 3.19. The van der Waals surface area contributed by atoms with E-state index in [9.17, 15) is 4.79 Å². The van der Waals surface area contributed by atoms with Gasteiger partial charge in [-0.1, -0.05) is 23.7 Å². The molecule has 0 spiro atoms. The third-order valence-corrected chi connectivity index (χ3v) is 4.65. The van der Waals surface area contributed by atoms with Crippen LogP contribution in [0.15, 0.2) is 54.9 Å². The molecular weight excluding hydrogens is 404 g/mol. The largest absolute Gasteiger partial charge is 0.493 e. The zero-order valence-electron chi connectivity index (χ0n) is 17.3. The number of likely N-dealkylation sites (N-methyl/N-ethyl adjacent to an activating group) is 1. The molecule has 0 fully saturated rings. The summed E-state index contributed by atoms with van der Waals surface area (Å²) < 4.78 is 13.0. The molecule has 3 rings (SSSR count). The molecule has 0 saturated heterocycles. The maximum absolute atomic E-state index is 12.6. The van der Waals surface area contributed by atoms with Crippen LogP contribution in [-0.4, -0.2) is 48.3 Å². The Balaban J connectivity index is 1.63. The van der Waals surface area contributed by atoms with Crippen molar-refractivity contribution in [3.63, 3.8) is 0 Å². The van der Waals surface area contributed by atoms with Crippen LogP contribution in [0.1, 0.15) is 15.9 Å². The van der Waals surface area contributed by atoms with Gasteiger partial charge >= 0.3 is 0 Å². The van der Waals surface area contributed by atoms with Crippen LogP contribution in [0, 0.1) is 0 Å². The summed E-state index contributed by atoms with van der Waals surface area (Å²) in [6.07, 6.45) is 3.44. The number of amides is 1. The predicted octanol–water partition coefficient (Wildman–Crippen LogP) is 3.94. The van der Waals surface area contributed by atoms with Gasteiger partial charge in [0.2, 0.25) is 0 Å². The Hall–Kier alpha value is -3.03. The number of methoxy groups -OCH3 is 1. The molecule has 0 aliphatic rings. The van der Waals surface area contributed by atoms with Crippen molar-refractivity contribution in [2.24, 2.45) is 0 Å². The summed E-state index contributed by atoms with van der Waals surface area (Å²) in [5.74, 6) is 0.795. The standard InChI is InChI=1S/C22H25ClN4O3/c1-26(2)10-11-27-14-19(13-24-27)25-22(28)17-6-9-20(21(12-17)29-3)30-15-16-4-7-18(23)8-5-16/h4-9,12-14H,10-11,15H2,1-3H3,(H,25,28). The van der Waals surface area contributed by atoms with E-state index in [1.165, 1.54) is 0 Å². The molecule has 1 amide bonds. The molecule has 0 radical (unpaired) electrons. The lowest BCUT2D eigenvalue weighted by atomic mass is 10.2. The first-order valence-electron chi connectivity index (χ1n) is 9.48. The number of carbonyl (C=O) groups is 1. The number of carbonyl (C=O) groups excluding carboxylic acids is 1. The topological polar surface area (TPSA) is 68.6 Å². The van der Waals surface area contributed by atoms with Crippen LogP contribution in [0.5, 0.6) is 11.5 Å². The van der Waals surface area contributed by atoms with Gasteiger partial charge in [0, 0.05) is 23.3 Å². The summed E-state index contributed by atoms with van der Waals surface area (Å²) in [4.78, 5) is 14.7. The third-order valence-electron chi connectivity index (χ3n) is 4.40. The number of halogens is 1. The minimum Gasteiger partial charge on any atom is -0.493 e. The summed E-state index contributed by atoms with van der Waals surface area (Å²) in [5, 5.41) is 7.79. The Bertz CT molecular complexity index is 986. The lowest BCUT2D eigenvalue weighted by molar-refractivity contribution is 0.102. The van der Waals surface area contributed by atoms with Crippen LogP contribution in [-0.2, 0) is 13.2 Å². The van der Waals surface area contributed by atoms with Crippen molar-refractivity contribution in [1.29, 1.82) is 0 Å². The minimum absolute atomic E-state index is 0.246. The minimum atomic E-state index is -0.246. The highest BCUT2D eigenvalue weighted by atomic mass is 35.5. The fourth-order valence-electron chi connectivity index (χ4n) is 2.73. The zero-order valence-corrected chi connectivity index (χ0v) is 18.0. The first kappa shape index (κ1) is 21.7. The number of ether oxygens (including phenoxy) is 2. The number of anilines is 1. The molecule has 3 aromatic rings. The van der Waals surface area contributed by atoms with Gasteiger partial charge in [0.1, 0.15) is 6.61 Å². The van der Waals surface area contributed by atoms with Gasteiger partial charge in [-0.3, -0.25) is 9.48 Å². The van der Waals surface area contributed by atoms with Gasteiger partial charge in [-0.05, 0) is 50.0 Å². The third kappa shape index (κ3) is 5.98. The lowest BCUT2D eigenvalue weighted by Gasteiger charge is -2.12. The highest BCUT2D eigenvalue weighted by molar-refractivity contribution is 6.30. The Morgan fingerprint density at radius 3 is 2.63 bits per heavy atom. The quantitative estimate of drug-likeness (QED) is 0.559. The maximum Gasteiger partial charge on any atom is 0.255 e. The second-order valence-corrected chi connectivity index (χ2v) is 7.47. The van der Waals surface area contributed by atoms with Crippen LogP contribution in [0.25, 0.3) is 0 Å². The van der Waals surface area contributed by atoms with E-state index in [4.69, 9.17) is 21.1 Å². The molecule has 0 aliphatic heterocycles. The lowest BCUT2D eigenvalue weighted by Crippen LogP contribution is -2.18. The van der Waals surface area contributed by atoms with Gasteiger partial charge in [-0.15, -0.1) is 0 Å². The van der Waals surface area contributed by atoms with E-state index in [0.29, 0.717) is 34.4 Å². The molecule has 1 N–H and O–H groups in total. The first-order chi connectivity index (χ1) is 14.4. The van der Waals surface area contributed by atoms with Crippen LogP contribution in [0.2, 0.25) is 5.02 Å². The van der Waals surface area contributed by atoms with E-state index in [1.54, 1.807) is 36.2 Å². The fourth-order valence-corrected chi connectivity index (χ4v) is 2.85. The molecule has 158 valence electrons. The molecule has 2 aromatic carbocycles. The van der Waals surface area contributed by atoms with Crippen LogP contribution in [0.3, 0.4) is 0 Å². The van der Waals surface area contributed by atoms with Crippen LogP contribution < -0.4 is 14.8 Å². The number of benzene rings is 2. The molecule has 0 saturated carbocycles. The summed E-state index contributed by atoms with van der Waals surface area (Å²) >= 11 is 5.91. The van der Waals surface area contributed by atoms with Gasteiger partial charge in [0.25, 0.3) is 5.91 Å². The number of rotatable bonds is 9. The number of nitrogens with zero attached hydrogens (tertiary/aromatic N) is 3. The number of hydrogen-bond donors (Lipinski definition) is 1. The summed E-state index contributed by atoms with van der Waals surface area (Å²) in [7, 11) is 5.55. The maximum atomic E-state index is 12.6.